The van der Waals surface area contributed by atoms with Gasteiger partial charge < -0.3 is 9.30 Å². The molecule has 0 aliphatic heterocycles. The van der Waals surface area contributed by atoms with Crippen LogP contribution in [0.2, 0.25) is 10.0 Å². The Labute approximate surface area is 201 Å². The van der Waals surface area contributed by atoms with Crippen LogP contribution in [0.25, 0.3) is 5.69 Å². The summed E-state index contributed by atoms with van der Waals surface area (Å²) in [6, 6.07) is 15.1. The second kappa shape index (κ2) is 9.56. The summed E-state index contributed by atoms with van der Waals surface area (Å²) in [6.07, 6.45) is 3.88. The van der Waals surface area contributed by atoms with Crippen molar-refractivity contribution in [2.75, 3.05) is 0 Å². The SMILES string of the molecule is CCn1c(Oc2cccc(-n3cccc3)c2)nnc1[C@@H](C)NS(=O)(=O)c1ccc(Cl)c(Cl)c1. The van der Waals surface area contributed by atoms with Gasteiger partial charge in [0.2, 0.25) is 10.0 Å². The van der Waals surface area contributed by atoms with Crippen molar-refractivity contribution in [3.63, 3.8) is 0 Å². The molecule has 172 valence electrons. The predicted molar refractivity (Wildman–Crippen MR) is 127 cm³/mol. The fourth-order valence-corrected chi connectivity index (χ4v) is 4.90. The largest absolute Gasteiger partial charge is 0.424 e. The monoisotopic (exact) mass is 505 g/mol. The smallest absolute Gasteiger partial charge is 0.322 e. The molecule has 1 atom stereocenters. The normalized spacial score (nSPS) is 12.6. The Bertz CT molecular complexity index is 1370. The number of sulfonamides is 1. The molecular weight excluding hydrogens is 485 g/mol. The van der Waals surface area contributed by atoms with Gasteiger partial charge in [-0.2, -0.15) is 0 Å². The van der Waals surface area contributed by atoms with Crippen LogP contribution in [-0.2, 0) is 16.6 Å². The van der Waals surface area contributed by atoms with Crippen molar-refractivity contribution in [1.29, 1.82) is 0 Å². The summed E-state index contributed by atoms with van der Waals surface area (Å²) in [7, 11) is -3.87. The maximum atomic E-state index is 12.8. The molecule has 2 aromatic carbocycles. The first-order valence-corrected chi connectivity index (χ1v) is 12.3. The zero-order valence-electron chi connectivity index (χ0n) is 17.8. The summed E-state index contributed by atoms with van der Waals surface area (Å²) in [5.74, 6) is 0.997. The number of aromatic nitrogens is 4. The molecule has 2 heterocycles. The molecule has 0 bridgehead atoms. The van der Waals surface area contributed by atoms with Gasteiger partial charge in [0.05, 0.1) is 21.0 Å². The molecule has 0 radical (unpaired) electrons. The van der Waals surface area contributed by atoms with Gasteiger partial charge in [0.25, 0.3) is 0 Å². The molecule has 0 aliphatic rings. The molecule has 33 heavy (non-hydrogen) atoms. The standard InChI is InChI=1S/C22H21Cl2N5O3S/c1-3-29-21(15(2)27-33(30,31)18-9-10-19(23)20(24)14-18)25-26-22(29)32-17-8-6-7-16(13-17)28-11-4-5-12-28/h4-15,27H,3H2,1-2H3/t15-/m1/s1. The molecule has 1 N–H and O–H groups in total. The minimum absolute atomic E-state index is 0.00427. The Kier molecular flexibility index (Phi) is 6.76. The molecule has 4 rings (SSSR count). The van der Waals surface area contributed by atoms with Gasteiger partial charge >= 0.3 is 6.01 Å². The molecule has 4 aromatic rings. The van der Waals surface area contributed by atoms with Gasteiger partial charge in [-0.3, -0.25) is 4.57 Å². The van der Waals surface area contributed by atoms with Gasteiger partial charge in [-0.1, -0.05) is 34.4 Å². The molecule has 11 heteroatoms. The van der Waals surface area contributed by atoms with Crippen LogP contribution < -0.4 is 9.46 Å². The topological polar surface area (TPSA) is 91.0 Å². The van der Waals surface area contributed by atoms with Gasteiger partial charge in [-0.25, -0.2) is 13.1 Å². The van der Waals surface area contributed by atoms with E-state index >= 15 is 0 Å². The molecule has 0 unspecified atom stereocenters. The summed E-state index contributed by atoms with van der Waals surface area (Å²) < 4.78 is 37.9. The lowest BCUT2D eigenvalue weighted by Crippen LogP contribution is -2.29. The Balaban J connectivity index is 1.56. The van der Waals surface area contributed by atoms with Crippen molar-refractivity contribution < 1.29 is 13.2 Å². The van der Waals surface area contributed by atoms with Gasteiger partial charge in [-0.05, 0) is 56.3 Å². The number of rotatable bonds is 8. The summed E-state index contributed by atoms with van der Waals surface area (Å²) in [6.45, 7) is 4.06. The lowest BCUT2D eigenvalue weighted by molar-refractivity contribution is 0.407. The van der Waals surface area contributed by atoms with Crippen LogP contribution in [0.1, 0.15) is 25.7 Å². The van der Waals surface area contributed by atoms with Crippen molar-refractivity contribution >= 4 is 33.2 Å². The highest BCUT2D eigenvalue weighted by Crippen LogP contribution is 2.27. The number of benzene rings is 2. The van der Waals surface area contributed by atoms with Gasteiger partial charge in [-0.15, -0.1) is 5.10 Å². The highest BCUT2D eigenvalue weighted by molar-refractivity contribution is 7.89. The first kappa shape index (κ1) is 23.3. The fraction of sp³-hybridized carbons (Fsp3) is 0.182. The van der Waals surface area contributed by atoms with Gasteiger partial charge in [0, 0.05) is 30.7 Å². The van der Waals surface area contributed by atoms with E-state index in [1.165, 1.54) is 18.2 Å². The molecule has 2 aromatic heterocycles. The van der Waals surface area contributed by atoms with E-state index in [1.807, 2.05) is 60.3 Å². The summed E-state index contributed by atoms with van der Waals surface area (Å²) in [5.41, 5.74) is 0.933. The highest BCUT2D eigenvalue weighted by atomic mass is 35.5. The molecule has 0 saturated carbocycles. The lowest BCUT2D eigenvalue weighted by atomic mass is 10.3. The fourth-order valence-electron chi connectivity index (χ4n) is 3.31. The number of ether oxygens (including phenoxy) is 1. The first-order valence-electron chi connectivity index (χ1n) is 10.1. The van der Waals surface area contributed by atoms with E-state index in [-0.39, 0.29) is 21.0 Å². The molecule has 0 amide bonds. The van der Waals surface area contributed by atoms with Crippen molar-refractivity contribution in [3.05, 3.63) is 82.9 Å². The van der Waals surface area contributed by atoms with Crippen LogP contribution in [-0.4, -0.2) is 27.7 Å². The molecular formula is C22H21Cl2N5O3S. The van der Waals surface area contributed by atoms with E-state index in [9.17, 15) is 8.42 Å². The average Bonchev–Trinajstić information content (AvgIpc) is 3.45. The Hall–Kier alpha value is -2.85. The molecule has 0 saturated heterocycles. The summed E-state index contributed by atoms with van der Waals surface area (Å²) >= 11 is 11.9. The lowest BCUT2D eigenvalue weighted by Gasteiger charge is -2.16. The molecule has 0 fully saturated rings. The number of nitrogens with one attached hydrogen (secondary N) is 1. The maximum absolute atomic E-state index is 12.8. The second-order valence-corrected chi connectivity index (χ2v) is 9.72. The number of hydrogen-bond acceptors (Lipinski definition) is 5. The van der Waals surface area contributed by atoms with Crippen LogP contribution in [0.15, 0.2) is 71.9 Å². The van der Waals surface area contributed by atoms with Crippen LogP contribution in [0.3, 0.4) is 0 Å². The highest BCUT2D eigenvalue weighted by Gasteiger charge is 2.24. The Morgan fingerprint density at radius 1 is 1.03 bits per heavy atom. The van der Waals surface area contributed by atoms with Crippen molar-refractivity contribution in [2.45, 2.75) is 31.3 Å². The third kappa shape index (κ3) is 5.06. The van der Waals surface area contributed by atoms with E-state index in [0.29, 0.717) is 18.1 Å². The third-order valence-electron chi connectivity index (χ3n) is 4.91. The second-order valence-electron chi connectivity index (χ2n) is 7.19. The predicted octanol–water partition coefficient (Wildman–Crippen LogP) is 5.23. The Morgan fingerprint density at radius 2 is 1.79 bits per heavy atom. The maximum Gasteiger partial charge on any atom is 0.322 e. The third-order valence-corrected chi connectivity index (χ3v) is 7.19. The molecule has 0 spiro atoms. The van der Waals surface area contributed by atoms with E-state index < -0.39 is 16.1 Å². The zero-order valence-corrected chi connectivity index (χ0v) is 20.1. The van der Waals surface area contributed by atoms with Crippen LogP contribution >= 0.6 is 23.2 Å². The summed E-state index contributed by atoms with van der Waals surface area (Å²) in [5, 5.41) is 8.74. The van der Waals surface area contributed by atoms with Crippen molar-refractivity contribution in [3.8, 4) is 17.4 Å². The quantitative estimate of drug-likeness (QED) is 0.354. The van der Waals surface area contributed by atoms with E-state index in [4.69, 9.17) is 27.9 Å². The van der Waals surface area contributed by atoms with E-state index in [0.717, 1.165) is 5.69 Å². The number of halogens is 2. The number of hydrogen-bond donors (Lipinski definition) is 1. The molecule has 8 nitrogen and oxygen atoms in total. The minimum atomic E-state index is -3.87. The molecule has 0 aliphatic carbocycles. The minimum Gasteiger partial charge on any atom is -0.424 e. The van der Waals surface area contributed by atoms with Crippen molar-refractivity contribution in [2.24, 2.45) is 0 Å². The van der Waals surface area contributed by atoms with E-state index in [1.54, 1.807) is 11.5 Å². The van der Waals surface area contributed by atoms with Crippen LogP contribution in [0.5, 0.6) is 11.8 Å². The Morgan fingerprint density at radius 3 is 2.48 bits per heavy atom. The van der Waals surface area contributed by atoms with Crippen LogP contribution in [0, 0.1) is 0 Å². The van der Waals surface area contributed by atoms with Gasteiger partial charge in [0.15, 0.2) is 5.82 Å². The van der Waals surface area contributed by atoms with E-state index in [2.05, 4.69) is 14.9 Å². The summed E-state index contributed by atoms with van der Waals surface area (Å²) in [4.78, 5) is 0.00427. The van der Waals surface area contributed by atoms with Crippen LogP contribution in [0.4, 0.5) is 0 Å². The average molecular weight is 506 g/mol. The van der Waals surface area contributed by atoms with Gasteiger partial charge in [0.1, 0.15) is 5.75 Å². The first-order chi connectivity index (χ1) is 15.8. The zero-order chi connectivity index (χ0) is 23.6. The number of nitrogens with zero attached hydrogens (tertiary/aromatic N) is 4. The van der Waals surface area contributed by atoms with Crippen molar-refractivity contribution in [1.82, 2.24) is 24.1 Å².